The molecule has 0 bridgehead atoms. The second-order valence-electron chi connectivity index (χ2n) is 5.11. The van der Waals surface area contributed by atoms with Crippen molar-refractivity contribution in [2.45, 2.75) is 32.9 Å². The van der Waals surface area contributed by atoms with Crippen LogP contribution >= 0.6 is 0 Å². The van der Waals surface area contributed by atoms with E-state index in [4.69, 9.17) is 4.74 Å². The number of hydrogen-bond donors (Lipinski definition) is 1. The SMILES string of the molecule is Cc1c(CNC(C)C2CCOC2)cccc1[N+](=O)[O-]. The van der Waals surface area contributed by atoms with Crippen molar-refractivity contribution in [3.8, 4) is 0 Å². The summed E-state index contributed by atoms with van der Waals surface area (Å²) in [5, 5.41) is 14.3. The number of nitro groups is 1. The molecule has 0 spiro atoms. The lowest BCUT2D eigenvalue weighted by Crippen LogP contribution is -2.33. The minimum atomic E-state index is -0.326. The average molecular weight is 264 g/mol. The van der Waals surface area contributed by atoms with E-state index in [0.29, 0.717) is 18.5 Å². The fraction of sp³-hybridized carbons (Fsp3) is 0.571. The third-order valence-corrected chi connectivity index (χ3v) is 3.90. The van der Waals surface area contributed by atoms with Gasteiger partial charge in [-0.15, -0.1) is 0 Å². The first-order valence-corrected chi connectivity index (χ1v) is 6.63. The molecule has 2 rings (SSSR count). The summed E-state index contributed by atoms with van der Waals surface area (Å²) >= 11 is 0. The Labute approximate surface area is 113 Å². The van der Waals surface area contributed by atoms with Gasteiger partial charge in [0.15, 0.2) is 0 Å². The molecule has 1 saturated heterocycles. The zero-order valence-electron chi connectivity index (χ0n) is 11.4. The molecule has 2 unspecified atom stereocenters. The quantitative estimate of drug-likeness (QED) is 0.655. The van der Waals surface area contributed by atoms with Crippen molar-refractivity contribution in [1.29, 1.82) is 0 Å². The summed E-state index contributed by atoms with van der Waals surface area (Å²) in [6.45, 7) is 6.25. The highest BCUT2D eigenvalue weighted by molar-refractivity contribution is 5.44. The number of nitro benzene ring substituents is 1. The molecule has 1 fully saturated rings. The largest absolute Gasteiger partial charge is 0.381 e. The van der Waals surface area contributed by atoms with Gasteiger partial charge in [-0.1, -0.05) is 12.1 Å². The lowest BCUT2D eigenvalue weighted by Gasteiger charge is -2.19. The van der Waals surface area contributed by atoms with Crippen LogP contribution in [-0.2, 0) is 11.3 Å². The van der Waals surface area contributed by atoms with Crippen molar-refractivity contribution < 1.29 is 9.66 Å². The summed E-state index contributed by atoms with van der Waals surface area (Å²) in [6, 6.07) is 5.59. The molecule has 0 amide bonds. The molecule has 1 aromatic rings. The third kappa shape index (κ3) is 3.30. The van der Waals surface area contributed by atoms with Gasteiger partial charge in [0.1, 0.15) is 0 Å². The third-order valence-electron chi connectivity index (χ3n) is 3.90. The minimum Gasteiger partial charge on any atom is -0.381 e. The van der Waals surface area contributed by atoms with Crippen molar-refractivity contribution in [2.75, 3.05) is 13.2 Å². The molecule has 1 aromatic carbocycles. The monoisotopic (exact) mass is 264 g/mol. The standard InChI is InChI=1S/C14H20N2O3/c1-10-12(4-3-5-14(10)16(17)18)8-15-11(2)13-6-7-19-9-13/h3-5,11,13,15H,6-9H2,1-2H3. The van der Waals surface area contributed by atoms with Crippen LogP contribution < -0.4 is 5.32 Å². The van der Waals surface area contributed by atoms with E-state index in [1.807, 2.05) is 6.07 Å². The Morgan fingerprint density at radius 3 is 3.00 bits per heavy atom. The average Bonchev–Trinajstić information content (AvgIpc) is 2.90. The smallest absolute Gasteiger partial charge is 0.272 e. The lowest BCUT2D eigenvalue weighted by atomic mass is 10.00. The fourth-order valence-electron chi connectivity index (χ4n) is 2.44. The van der Waals surface area contributed by atoms with E-state index < -0.39 is 0 Å². The maximum absolute atomic E-state index is 10.9. The van der Waals surface area contributed by atoms with Crippen LogP contribution in [0.1, 0.15) is 24.5 Å². The number of rotatable bonds is 5. The molecular weight excluding hydrogens is 244 g/mol. The first-order valence-electron chi connectivity index (χ1n) is 6.63. The van der Waals surface area contributed by atoms with Crippen molar-refractivity contribution in [1.82, 2.24) is 5.32 Å². The molecule has 104 valence electrons. The molecule has 1 aliphatic heterocycles. The molecule has 19 heavy (non-hydrogen) atoms. The predicted octanol–water partition coefficient (Wildman–Crippen LogP) is 2.42. The zero-order valence-corrected chi connectivity index (χ0v) is 11.4. The normalized spacial score (nSPS) is 20.4. The van der Waals surface area contributed by atoms with Gasteiger partial charge < -0.3 is 10.1 Å². The highest BCUT2D eigenvalue weighted by Gasteiger charge is 2.22. The molecule has 0 aromatic heterocycles. The van der Waals surface area contributed by atoms with E-state index >= 15 is 0 Å². The Balaban J connectivity index is 1.99. The van der Waals surface area contributed by atoms with Crippen LogP contribution in [-0.4, -0.2) is 24.2 Å². The topological polar surface area (TPSA) is 64.4 Å². The van der Waals surface area contributed by atoms with Crippen molar-refractivity contribution in [3.63, 3.8) is 0 Å². The number of ether oxygens (including phenoxy) is 1. The number of nitrogens with one attached hydrogen (secondary N) is 1. The van der Waals surface area contributed by atoms with Gasteiger partial charge in [0.25, 0.3) is 5.69 Å². The first kappa shape index (κ1) is 14.0. The zero-order chi connectivity index (χ0) is 13.8. The summed E-state index contributed by atoms with van der Waals surface area (Å²) in [6.07, 6.45) is 1.09. The molecule has 5 heteroatoms. The molecule has 1 N–H and O–H groups in total. The Morgan fingerprint density at radius 1 is 1.58 bits per heavy atom. The Kier molecular flexibility index (Phi) is 4.50. The van der Waals surface area contributed by atoms with Crippen LogP contribution in [0.15, 0.2) is 18.2 Å². The van der Waals surface area contributed by atoms with Crippen LogP contribution in [0.3, 0.4) is 0 Å². The molecule has 2 atom stereocenters. The van der Waals surface area contributed by atoms with Crippen LogP contribution in [0.4, 0.5) is 5.69 Å². The van der Waals surface area contributed by atoms with Crippen LogP contribution in [0, 0.1) is 23.0 Å². The van der Waals surface area contributed by atoms with Gasteiger partial charge in [-0.2, -0.15) is 0 Å². The van der Waals surface area contributed by atoms with Gasteiger partial charge >= 0.3 is 0 Å². The van der Waals surface area contributed by atoms with E-state index in [-0.39, 0.29) is 10.6 Å². The summed E-state index contributed by atoms with van der Waals surface area (Å²) in [4.78, 5) is 10.6. The summed E-state index contributed by atoms with van der Waals surface area (Å²) in [5.74, 6) is 0.541. The number of hydrogen-bond acceptors (Lipinski definition) is 4. The summed E-state index contributed by atoms with van der Waals surface area (Å²) < 4.78 is 5.38. The number of benzene rings is 1. The van der Waals surface area contributed by atoms with E-state index in [1.54, 1.807) is 19.1 Å². The molecule has 0 aliphatic carbocycles. The van der Waals surface area contributed by atoms with Crippen molar-refractivity contribution >= 4 is 5.69 Å². The second kappa shape index (κ2) is 6.12. The molecular formula is C14H20N2O3. The van der Waals surface area contributed by atoms with Crippen LogP contribution in [0.25, 0.3) is 0 Å². The molecule has 1 heterocycles. The highest BCUT2D eigenvalue weighted by atomic mass is 16.6. The fourth-order valence-corrected chi connectivity index (χ4v) is 2.44. The van der Waals surface area contributed by atoms with E-state index in [2.05, 4.69) is 12.2 Å². The van der Waals surface area contributed by atoms with Gasteiger partial charge in [0.2, 0.25) is 0 Å². The molecule has 5 nitrogen and oxygen atoms in total. The molecule has 0 saturated carbocycles. The maximum atomic E-state index is 10.9. The van der Waals surface area contributed by atoms with Crippen LogP contribution in [0.2, 0.25) is 0 Å². The Hall–Kier alpha value is -1.46. The van der Waals surface area contributed by atoms with Crippen molar-refractivity contribution in [3.05, 3.63) is 39.4 Å². The van der Waals surface area contributed by atoms with Crippen LogP contribution in [0.5, 0.6) is 0 Å². The Bertz CT molecular complexity index is 456. The minimum absolute atomic E-state index is 0.191. The lowest BCUT2D eigenvalue weighted by molar-refractivity contribution is -0.385. The number of nitrogens with zero attached hydrogens (tertiary/aromatic N) is 1. The van der Waals surface area contributed by atoms with E-state index in [1.165, 1.54) is 0 Å². The van der Waals surface area contributed by atoms with Gasteiger partial charge in [-0.05, 0) is 31.7 Å². The first-order chi connectivity index (χ1) is 9.09. The van der Waals surface area contributed by atoms with Gasteiger partial charge in [0.05, 0.1) is 11.5 Å². The highest BCUT2D eigenvalue weighted by Crippen LogP contribution is 2.22. The van der Waals surface area contributed by atoms with Gasteiger partial charge in [0, 0.05) is 30.8 Å². The molecule has 0 radical (unpaired) electrons. The molecule has 1 aliphatic rings. The summed E-state index contributed by atoms with van der Waals surface area (Å²) in [5.41, 5.74) is 1.92. The Morgan fingerprint density at radius 2 is 2.37 bits per heavy atom. The van der Waals surface area contributed by atoms with Gasteiger partial charge in [-0.3, -0.25) is 10.1 Å². The second-order valence-corrected chi connectivity index (χ2v) is 5.11. The van der Waals surface area contributed by atoms with E-state index in [0.717, 1.165) is 30.8 Å². The maximum Gasteiger partial charge on any atom is 0.272 e. The van der Waals surface area contributed by atoms with Gasteiger partial charge in [-0.25, -0.2) is 0 Å². The summed E-state index contributed by atoms with van der Waals surface area (Å²) in [7, 11) is 0. The predicted molar refractivity (Wildman–Crippen MR) is 73.1 cm³/mol. The van der Waals surface area contributed by atoms with E-state index in [9.17, 15) is 10.1 Å². The van der Waals surface area contributed by atoms with Crippen molar-refractivity contribution in [2.24, 2.45) is 5.92 Å².